The summed E-state index contributed by atoms with van der Waals surface area (Å²) in [5, 5.41) is 0. The Morgan fingerprint density at radius 2 is 2.06 bits per heavy atom. The van der Waals surface area contributed by atoms with E-state index in [4.69, 9.17) is 6.42 Å². The molecule has 0 unspecified atom stereocenters. The van der Waals surface area contributed by atoms with E-state index >= 15 is 0 Å². The van der Waals surface area contributed by atoms with Crippen LogP contribution >= 0.6 is 0 Å². The minimum absolute atomic E-state index is 0.941. The summed E-state index contributed by atoms with van der Waals surface area (Å²) in [5.74, 6) is 2.67. The van der Waals surface area contributed by atoms with E-state index in [1.54, 1.807) is 6.21 Å². The van der Waals surface area contributed by atoms with Crippen LogP contribution in [-0.4, -0.2) is 6.21 Å². The molecule has 0 saturated heterocycles. The lowest BCUT2D eigenvalue weighted by Crippen LogP contribution is -1.78. The fourth-order valence-electron chi connectivity index (χ4n) is 1.32. The Labute approximate surface area is 97.9 Å². The van der Waals surface area contributed by atoms with Gasteiger partial charge in [-0.15, -0.1) is 6.42 Å². The van der Waals surface area contributed by atoms with E-state index in [2.05, 4.69) is 24.8 Å². The lowest BCUT2D eigenvalue weighted by molar-refractivity contribution is 0.934. The van der Waals surface area contributed by atoms with Gasteiger partial charge in [0.05, 0.1) is 5.69 Å². The van der Waals surface area contributed by atoms with Crippen LogP contribution in [0.3, 0.4) is 0 Å². The summed E-state index contributed by atoms with van der Waals surface area (Å²) in [5.41, 5.74) is 3.19. The van der Waals surface area contributed by atoms with Crippen LogP contribution in [0.25, 0.3) is 0 Å². The lowest BCUT2D eigenvalue weighted by Gasteiger charge is -1.94. The summed E-state index contributed by atoms with van der Waals surface area (Å²) < 4.78 is 0. The number of aliphatic imine (C=N–C) groups is 1. The number of allylic oxidation sites excluding steroid dienone is 2. The summed E-state index contributed by atoms with van der Waals surface area (Å²) in [4.78, 5) is 4.32. The van der Waals surface area contributed by atoms with Gasteiger partial charge in [0.2, 0.25) is 0 Å². The van der Waals surface area contributed by atoms with Crippen molar-refractivity contribution in [2.24, 2.45) is 4.99 Å². The van der Waals surface area contributed by atoms with Crippen LogP contribution in [0.15, 0.2) is 40.9 Å². The minimum atomic E-state index is 0.941. The van der Waals surface area contributed by atoms with Crippen molar-refractivity contribution >= 4 is 11.9 Å². The predicted octanol–water partition coefficient (Wildman–Crippen LogP) is 4.06. The zero-order valence-corrected chi connectivity index (χ0v) is 9.90. The SMILES string of the molecule is C#CC(=CC=Nc1ccc(C)cc1)CCC. The van der Waals surface area contributed by atoms with Gasteiger partial charge in [-0.25, -0.2) is 0 Å². The van der Waals surface area contributed by atoms with E-state index in [-0.39, 0.29) is 0 Å². The zero-order chi connectivity index (χ0) is 11.8. The van der Waals surface area contributed by atoms with Gasteiger partial charge in [-0.1, -0.05) is 37.0 Å². The monoisotopic (exact) mass is 211 g/mol. The first-order valence-corrected chi connectivity index (χ1v) is 5.52. The van der Waals surface area contributed by atoms with Crippen molar-refractivity contribution in [2.45, 2.75) is 26.7 Å². The molecule has 16 heavy (non-hydrogen) atoms. The first kappa shape index (κ1) is 12.3. The smallest absolute Gasteiger partial charge is 0.0629 e. The molecule has 0 N–H and O–H groups in total. The molecule has 0 radical (unpaired) electrons. The molecular formula is C15H17N. The average molecular weight is 211 g/mol. The summed E-state index contributed by atoms with van der Waals surface area (Å²) in [6.07, 6.45) is 11.1. The Morgan fingerprint density at radius 3 is 2.62 bits per heavy atom. The molecule has 0 bridgehead atoms. The molecule has 0 aliphatic carbocycles. The summed E-state index contributed by atoms with van der Waals surface area (Å²) in [6, 6.07) is 8.08. The topological polar surface area (TPSA) is 12.4 Å². The van der Waals surface area contributed by atoms with E-state index in [9.17, 15) is 0 Å². The molecule has 0 fully saturated rings. The molecule has 1 heteroatoms. The molecule has 1 aromatic rings. The van der Waals surface area contributed by atoms with Crippen molar-refractivity contribution in [1.82, 2.24) is 0 Å². The van der Waals surface area contributed by atoms with Crippen LogP contribution in [0, 0.1) is 19.3 Å². The largest absolute Gasteiger partial charge is 0.257 e. The van der Waals surface area contributed by atoms with Gasteiger partial charge in [0.1, 0.15) is 0 Å². The maximum atomic E-state index is 5.38. The van der Waals surface area contributed by atoms with Crippen LogP contribution < -0.4 is 0 Å². The molecule has 0 heterocycles. The second-order valence-corrected chi connectivity index (χ2v) is 3.70. The Hall–Kier alpha value is -1.81. The van der Waals surface area contributed by atoms with Crippen LogP contribution in [0.5, 0.6) is 0 Å². The summed E-state index contributed by atoms with van der Waals surface area (Å²) in [6.45, 7) is 4.17. The van der Waals surface area contributed by atoms with Gasteiger partial charge in [0.25, 0.3) is 0 Å². The maximum Gasteiger partial charge on any atom is 0.0629 e. The summed E-state index contributed by atoms with van der Waals surface area (Å²) in [7, 11) is 0. The van der Waals surface area contributed by atoms with Gasteiger partial charge >= 0.3 is 0 Å². The van der Waals surface area contributed by atoms with Crippen molar-refractivity contribution in [2.75, 3.05) is 0 Å². The highest BCUT2D eigenvalue weighted by atomic mass is 14.7. The Morgan fingerprint density at radius 1 is 1.38 bits per heavy atom. The lowest BCUT2D eigenvalue weighted by atomic mass is 10.1. The van der Waals surface area contributed by atoms with Gasteiger partial charge in [-0.3, -0.25) is 4.99 Å². The highest BCUT2D eigenvalue weighted by Crippen LogP contribution is 2.11. The third-order valence-corrected chi connectivity index (χ3v) is 2.24. The molecule has 82 valence electrons. The highest BCUT2D eigenvalue weighted by molar-refractivity contribution is 5.76. The zero-order valence-electron chi connectivity index (χ0n) is 9.90. The van der Waals surface area contributed by atoms with Crippen LogP contribution in [0.4, 0.5) is 5.69 Å². The normalized spacial score (nSPS) is 11.7. The number of rotatable bonds is 4. The molecule has 1 nitrogen and oxygen atoms in total. The molecule has 0 saturated carbocycles. The van der Waals surface area contributed by atoms with Gasteiger partial charge in [-0.2, -0.15) is 0 Å². The predicted molar refractivity (Wildman–Crippen MR) is 71.2 cm³/mol. The van der Waals surface area contributed by atoms with Crippen molar-refractivity contribution in [3.8, 4) is 12.3 Å². The molecule has 1 aromatic carbocycles. The molecule has 0 amide bonds. The molecule has 0 atom stereocenters. The summed E-state index contributed by atoms with van der Waals surface area (Å²) >= 11 is 0. The standard InChI is InChI=1S/C15H17N/c1-4-6-14(5-2)11-12-16-15-9-7-13(3)8-10-15/h2,7-12H,4,6H2,1,3H3. The van der Waals surface area contributed by atoms with Gasteiger partial charge in [0, 0.05) is 11.8 Å². The van der Waals surface area contributed by atoms with Gasteiger partial charge < -0.3 is 0 Å². The van der Waals surface area contributed by atoms with E-state index in [1.165, 1.54) is 5.56 Å². The molecular weight excluding hydrogens is 194 g/mol. The Balaban J connectivity index is 2.67. The minimum Gasteiger partial charge on any atom is -0.257 e. The quantitative estimate of drug-likeness (QED) is 0.526. The number of hydrogen-bond donors (Lipinski definition) is 0. The third-order valence-electron chi connectivity index (χ3n) is 2.24. The molecule has 0 spiro atoms. The highest BCUT2D eigenvalue weighted by Gasteiger charge is 1.89. The van der Waals surface area contributed by atoms with Crippen LogP contribution in [0.2, 0.25) is 0 Å². The van der Waals surface area contributed by atoms with E-state index < -0.39 is 0 Å². The van der Waals surface area contributed by atoms with E-state index in [0.29, 0.717) is 0 Å². The average Bonchev–Trinajstić information content (AvgIpc) is 2.30. The van der Waals surface area contributed by atoms with E-state index in [0.717, 1.165) is 24.1 Å². The first-order valence-electron chi connectivity index (χ1n) is 5.52. The fourth-order valence-corrected chi connectivity index (χ4v) is 1.32. The second kappa shape index (κ2) is 6.63. The number of benzene rings is 1. The van der Waals surface area contributed by atoms with Crippen LogP contribution in [-0.2, 0) is 0 Å². The molecule has 0 aromatic heterocycles. The number of aryl methyl sites for hydroxylation is 1. The fraction of sp³-hybridized carbons (Fsp3) is 0.267. The first-order chi connectivity index (χ1) is 7.76. The number of hydrogen-bond acceptors (Lipinski definition) is 1. The van der Waals surface area contributed by atoms with Crippen molar-refractivity contribution in [3.63, 3.8) is 0 Å². The van der Waals surface area contributed by atoms with E-state index in [1.807, 2.05) is 30.3 Å². The molecule has 0 aliphatic heterocycles. The number of nitrogens with zero attached hydrogens (tertiary/aromatic N) is 1. The molecule has 0 aliphatic rings. The van der Waals surface area contributed by atoms with Crippen molar-refractivity contribution in [3.05, 3.63) is 41.5 Å². The van der Waals surface area contributed by atoms with Crippen LogP contribution in [0.1, 0.15) is 25.3 Å². The van der Waals surface area contributed by atoms with Crippen molar-refractivity contribution in [1.29, 1.82) is 0 Å². The third kappa shape index (κ3) is 4.14. The maximum absolute atomic E-state index is 5.38. The second-order valence-electron chi connectivity index (χ2n) is 3.70. The Bertz CT molecular complexity index is 416. The van der Waals surface area contributed by atoms with Gasteiger partial charge in [0.15, 0.2) is 0 Å². The van der Waals surface area contributed by atoms with Crippen molar-refractivity contribution < 1.29 is 0 Å². The Kier molecular flexibility index (Phi) is 5.08. The number of terminal acetylenes is 1. The van der Waals surface area contributed by atoms with Gasteiger partial charge in [-0.05, 0) is 31.6 Å². The molecule has 1 rings (SSSR count).